The zero-order valence-electron chi connectivity index (χ0n) is 15.4. The Hall–Kier alpha value is -2.56. The normalized spacial score (nSPS) is 24.5. The van der Waals surface area contributed by atoms with Gasteiger partial charge in [0.1, 0.15) is 11.4 Å². The lowest BCUT2D eigenvalue weighted by Gasteiger charge is -2.49. The van der Waals surface area contributed by atoms with E-state index in [1.54, 1.807) is 24.3 Å². The first-order chi connectivity index (χ1) is 12.0. The van der Waals surface area contributed by atoms with Gasteiger partial charge >= 0.3 is 0 Å². The first-order valence-electron chi connectivity index (χ1n) is 8.80. The number of phenolic OH excluding ortho intramolecular Hbond substituents is 3. The van der Waals surface area contributed by atoms with Gasteiger partial charge in [0.05, 0.1) is 0 Å². The molecule has 0 fully saturated rings. The highest BCUT2D eigenvalue weighted by molar-refractivity contribution is 5.62. The smallest absolute Gasteiger partial charge is 0.157 e. The molecule has 0 bridgehead atoms. The molecule has 136 valence electrons. The van der Waals surface area contributed by atoms with Crippen molar-refractivity contribution >= 4 is 5.69 Å². The minimum atomic E-state index is -0.288. The second-order valence-electron chi connectivity index (χ2n) is 8.77. The van der Waals surface area contributed by atoms with E-state index in [1.807, 2.05) is 0 Å². The van der Waals surface area contributed by atoms with Gasteiger partial charge < -0.3 is 15.3 Å². The van der Waals surface area contributed by atoms with Gasteiger partial charge in [0.25, 0.3) is 0 Å². The lowest BCUT2D eigenvalue weighted by molar-refractivity contribution is 0.0849. The number of nitrogens with zero attached hydrogens (tertiary/aromatic N) is 1. The summed E-state index contributed by atoms with van der Waals surface area (Å²) in [6.45, 7) is 8.67. The predicted octanol–water partition coefficient (Wildman–Crippen LogP) is 4.56. The van der Waals surface area contributed by atoms with Gasteiger partial charge in [0.15, 0.2) is 11.5 Å². The quantitative estimate of drug-likeness (QED) is 0.518. The molecule has 0 radical (unpaired) electrons. The topological polar surface area (TPSA) is 90.1 Å². The fraction of sp³-hybridized carbons (Fsp3) is 0.429. The Morgan fingerprint density at radius 3 is 1.77 bits per heavy atom. The van der Waals surface area contributed by atoms with Crippen LogP contribution in [0.4, 0.5) is 5.69 Å². The van der Waals surface area contributed by atoms with Gasteiger partial charge in [0, 0.05) is 0 Å². The Morgan fingerprint density at radius 2 is 1.23 bits per heavy atom. The highest BCUT2D eigenvalue weighted by atomic mass is 16.3. The van der Waals surface area contributed by atoms with Crippen LogP contribution in [0.5, 0.6) is 17.2 Å². The Bertz CT molecular complexity index is 961. The summed E-state index contributed by atoms with van der Waals surface area (Å²) < 4.78 is 0. The summed E-state index contributed by atoms with van der Waals surface area (Å²) >= 11 is 0. The first-order valence-corrected chi connectivity index (χ1v) is 8.80. The molecule has 4 rings (SSSR count). The van der Waals surface area contributed by atoms with Crippen LogP contribution in [-0.2, 0) is 23.7 Å². The van der Waals surface area contributed by atoms with Gasteiger partial charge in [-0.15, -0.1) is 4.91 Å². The second-order valence-corrected chi connectivity index (χ2v) is 8.77. The molecule has 2 aliphatic rings. The second kappa shape index (κ2) is 4.78. The minimum absolute atomic E-state index is 0.0671. The number of hydrogen-bond donors (Lipinski definition) is 3. The lowest BCUT2D eigenvalue weighted by Crippen LogP contribution is -2.49. The van der Waals surface area contributed by atoms with Crippen LogP contribution in [-0.4, -0.2) is 15.3 Å². The van der Waals surface area contributed by atoms with Gasteiger partial charge in [-0.1, -0.05) is 27.7 Å². The molecule has 1 atom stereocenters. The van der Waals surface area contributed by atoms with Crippen molar-refractivity contribution in [3.63, 3.8) is 0 Å². The Morgan fingerprint density at radius 1 is 0.769 bits per heavy atom. The number of hydrogen-bond acceptors (Lipinski definition) is 5. The summed E-state index contributed by atoms with van der Waals surface area (Å²) in [6, 6.07) is 6.71. The van der Waals surface area contributed by atoms with Crippen molar-refractivity contribution in [3.8, 4) is 17.2 Å². The van der Waals surface area contributed by atoms with Crippen molar-refractivity contribution < 1.29 is 15.3 Å². The van der Waals surface area contributed by atoms with E-state index in [9.17, 15) is 20.2 Å². The van der Waals surface area contributed by atoms with E-state index in [0.717, 1.165) is 35.1 Å². The Balaban J connectivity index is 1.94. The molecule has 5 nitrogen and oxygen atoms in total. The van der Waals surface area contributed by atoms with Gasteiger partial charge in [0.2, 0.25) is 0 Å². The van der Waals surface area contributed by atoms with E-state index in [0.29, 0.717) is 0 Å². The highest BCUT2D eigenvalue weighted by Gasteiger charge is 2.63. The molecule has 2 aromatic carbocycles. The Labute approximate surface area is 152 Å². The third-order valence-electron chi connectivity index (χ3n) is 7.22. The maximum Gasteiger partial charge on any atom is 0.157 e. The summed E-state index contributed by atoms with van der Waals surface area (Å²) in [5, 5.41) is 33.0. The van der Waals surface area contributed by atoms with E-state index in [1.165, 1.54) is 0 Å². The predicted molar refractivity (Wildman–Crippen MR) is 99.2 cm³/mol. The number of nitroso groups, excluding NO2 is 1. The maximum absolute atomic E-state index is 11.1. The summed E-state index contributed by atoms with van der Waals surface area (Å²) in [6.07, 6.45) is 1.49. The highest BCUT2D eigenvalue weighted by Crippen LogP contribution is 2.67. The number of phenols is 3. The summed E-state index contributed by atoms with van der Waals surface area (Å²) in [5.74, 6) is -0.294. The zero-order valence-corrected chi connectivity index (χ0v) is 15.4. The van der Waals surface area contributed by atoms with E-state index in [2.05, 4.69) is 32.9 Å². The van der Waals surface area contributed by atoms with Crippen molar-refractivity contribution in [2.75, 3.05) is 0 Å². The van der Waals surface area contributed by atoms with E-state index < -0.39 is 0 Å². The average molecular weight is 353 g/mol. The molecule has 3 N–H and O–H groups in total. The zero-order chi connectivity index (χ0) is 19.1. The molecule has 0 heterocycles. The van der Waals surface area contributed by atoms with Crippen LogP contribution in [0.15, 0.2) is 29.4 Å². The van der Waals surface area contributed by atoms with Crippen LogP contribution >= 0.6 is 0 Å². The average Bonchev–Trinajstić information content (AvgIpc) is 2.90. The van der Waals surface area contributed by atoms with Crippen LogP contribution in [0, 0.1) is 10.3 Å². The largest absolute Gasteiger partial charge is 0.506 e. The minimum Gasteiger partial charge on any atom is -0.506 e. The lowest BCUT2D eigenvalue weighted by atomic mass is 9.54. The molecule has 0 saturated heterocycles. The molecular formula is C21H23NO4. The van der Waals surface area contributed by atoms with Gasteiger partial charge in [-0.3, -0.25) is 0 Å². The molecule has 0 saturated carbocycles. The molecular weight excluding hydrogens is 330 g/mol. The third-order valence-corrected chi connectivity index (χ3v) is 7.22. The van der Waals surface area contributed by atoms with E-state index >= 15 is 0 Å². The number of rotatable bonds is 1. The fourth-order valence-electron chi connectivity index (χ4n) is 5.66. The number of aromatic hydroxyl groups is 3. The van der Waals surface area contributed by atoms with E-state index in [-0.39, 0.29) is 39.2 Å². The first kappa shape index (κ1) is 16.9. The molecule has 0 aliphatic heterocycles. The summed E-state index contributed by atoms with van der Waals surface area (Å²) in [7, 11) is 0. The van der Waals surface area contributed by atoms with Crippen molar-refractivity contribution in [3.05, 3.63) is 51.4 Å². The number of benzene rings is 2. The van der Waals surface area contributed by atoms with Gasteiger partial charge in [-0.2, -0.15) is 0 Å². The molecule has 2 aromatic rings. The van der Waals surface area contributed by atoms with Crippen molar-refractivity contribution in [1.82, 2.24) is 0 Å². The monoisotopic (exact) mass is 353 g/mol. The van der Waals surface area contributed by atoms with Crippen LogP contribution in [0.2, 0.25) is 0 Å². The van der Waals surface area contributed by atoms with E-state index in [4.69, 9.17) is 0 Å². The molecule has 2 aliphatic carbocycles. The van der Waals surface area contributed by atoms with Crippen LogP contribution in [0.1, 0.15) is 49.9 Å². The van der Waals surface area contributed by atoms with Crippen LogP contribution in [0.3, 0.4) is 0 Å². The molecule has 0 aromatic heterocycles. The molecule has 26 heavy (non-hydrogen) atoms. The van der Waals surface area contributed by atoms with Crippen LogP contribution in [0.25, 0.3) is 0 Å². The summed E-state index contributed by atoms with van der Waals surface area (Å²) in [4.78, 5) is 11.1. The van der Waals surface area contributed by atoms with Crippen LogP contribution < -0.4 is 0 Å². The maximum atomic E-state index is 11.1. The third kappa shape index (κ3) is 1.76. The van der Waals surface area contributed by atoms with Crippen molar-refractivity contribution in [2.45, 2.75) is 51.4 Å². The van der Waals surface area contributed by atoms with Gasteiger partial charge in [-0.25, -0.2) is 0 Å². The van der Waals surface area contributed by atoms with Crippen molar-refractivity contribution in [1.29, 1.82) is 0 Å². The summed E-state index contributed by atoms with van der Waals surface area (Å²) in [5.41, 5.74) is 3.41. The fourth-order valence-corrected chi connectivity index (χ4v) is 5.66. The standard InChI is InChI=1S/C21H23NO4/c1-19(2)13-7-15(22-26)16(23)5-11(13)9-21(19)10-12-6-17(24)18(25)8-14(12)20(21,3)4/h5-8,23-25H,9-10H2,1-4H3. The molecule has 5 heteroatoms. The SMILES string of the molecule is CC1(C)c2cc(O)c(O)cc2CC12Cc1cc(O)c(N=O)cc1C2(C)C. The van der Waals surface area contributed by atoms with Crippen molar-refractivity contribution in [2.24, 2.45) is 10.6 Å². The van der Waals surface area contributed by atoms with Gasteiger partial charge in [-0.05, 0) is 80.8 Å². The number of fused-ring (bicyclic) bond motifs is 2. The molecule has 0 amide bonds. The Kier molecular flexibility index (Phi) is 3.11. The molecule has 1 unspecified atom stereocenters. The molecule has 1 spiro atoms.